The van der Waals surface area contributed by atoms with Crippen LogP contribution in [0.15, 0.2) is 16.5 Å². The Morgan fingerprint density at radius 2 is 1.71 bits per heavy atom. The largest absolute Gasteiger partial charge is 0.464 e. The third-order valence-corrected chi connectivity index (χ3v) is 4.25. The number of rotatable bonds is 8. The van der Waals surface area contributed by atoms with Crippen LogP contribution in [0.25, 0.3) is 0 Å². The van der Waals surface area contributed by atoms with Gasteiger partial charge in [-0.3, -0.25) is 0 Å². The van der Waals surface area contributed by atoms with Crippen molar-refractivity contribution in [3.8, 4) is 0 Å². The monoisotopic (exact) mass is 255 g/mol. The molecule has 1 aromatic heterocycles. The molecule has 1 heterocycles. The van der Waals surface area contributed by atoms with Gasteiger partial charge in [0.1, 0.15) is 11.5 Å². The van der Waals surface area contributed by atoms with Crippen LogP contribution in [-0.4, -0.2) is 11.8 Å². The maximum atomic E-state index is 5.77. The van der Waals surface area contributed by atoms with Crippen molar-refractivity contribution in [2.45, 2.75) is 57.9 Å². The summed E-state index contributed by atoms with van der Waals surface area (Å²) < 4.78 is 5.77. The second kappa shape index (κ2) is 7.12. The standard InChI is InChI=1S/C14H25NOS/c1-5-14(6-2,7-3)15-10-12-8-9-13(16-12)11-17-4/h8-9,15H,5-7,10-11H2,1-4H3. The molecule has 0 saturated carbocycles. The number of hydrogen-bond acceptors (Lipinski definition) is 3. The lowest BCUT2D eigenvalue weighted by atomic mass is 9.90. The molecule has 2 nitrogen and oxygen atoms in total. The minimum atomic E-state index is 0.270. The molecule has 0 aliphatic heterocycles. The molecule has 1 N–H and O–H groups in total. The molecule has 0 aromatic carbocycles. The maximum absolute atomic E-state index is 5.77. The van der Waals surface area contributed by atoms with Crippen LogP contribution in [0.3, 0.4) is 0 Å². The Balaban J connectivity index is 2.53. The zero-order valence-electron chi connectivity index (χ0n) is 11.5. The van der Waals surface area contributed by atoms with E-state index in [1.165, 1.54) is 19.3 Å². The molecule has 0 unspecified atom stereocenters. The van der Waals surface area contributed by atoms with Crippen molar-refractivity contribution in [2.75, 3.05) is 6.26 Å². The molecule has 0 bridgehead atoms. The molecular formula is C14H25NOS. The van der Waals surface area contributed by atoms with E-state index in [1.54, 1.807) is 11.8 Å². The second-order valence-corrected chi connectivity index (χ2v) is 5.36. The van der Waals surface area contributed by atoms with Crippen molar-refractivity contribution in [1.29, 1.82) is 0 Å². The normalized spacial score (nSPS) is 12.0. The topological polar surface area (TPSA) is 25.2 Å². The van der Waals surface area contributed by atoms with Gasteiger partial charge < -0.3 is 9.73 Å². The van der Waals surface area contributed by atoms with E-state index < -0.39 is 0 Å². The lowest BCUT2D eigenvalue weighted by Crippen LogP contribution is -2.42. The van der Waals surface area contributed by atoms with Crippen molar-refractivity contribution in [1.82, 2.24) is 5.32 Å². The van der Waals surface area contributed by atoms with Crippen LogP contribution >= 0.6 is 11.8 Å². The summed E-state index contributed by atoms with van der Waals surface area (Å²) in [6.07, 6.45) is 5.59. The lowest BCUT2D eigenvalue weighted by Gasteiger charge is -2.31. The van der Waals surface area contributed by atoms with E-state index in [4.69, 9.17) is 4.42 Å². The van der Waals surface area contributed by atoms with E-state index >= 15 is 0 Å². The Bertz CT molecular complexity index is 310. The summed E-state index contributed by atoms with van der Waals surface area (Å²) in [7, 11) is 0. The van der Waals surface area contributed by atoms with Crippen molar-refractivity contribution in [2.24, 2.45) is 0 Å². The van der Waals surface area contributed by atoms with E-state index in [0.29, 0.717) is 0 Å². The van der Waals surface area contributed by atoms with Crippen molar-refractivity contribution < 1.29 is 4.42 Å². The Morgan fingerprint density at radius 3 is 2.24 bits per heavy atom. The third kappa shape index (κ3) is 4.07. The van der Waals surface area contributed by atoms with Gasteiger partial charge in [-0.25, -0.2) is 0 Å². The first kappa shape index (κ1) is 14.7. The fraction of sp³-hybridized carbons (Fsp3) is 0.714. The highest BCUT2D eigenvalue weighted by Crippen LogP contribution is 2.21. The average Bonchev–Trinajstić information content (AvgIpc) is 2.80. The molecule has 0 saturated heterocycles. The minimum Gasteiger partial charge on any atom is -0.464 e. The molecule has 0 spiro atoms. The predicted octanol–water partition coefficient (Wildman–Crippen LogP) is 4.20. The van der Waals surface area contributed by atoms with Crippen LogP contribution < -0.4 is 5.32 Å². The van der Waals surface area contributed by atoms with Gasteiger partial charge in [0.25, 0.3) is 0 Å². The number of thioether (sulfide) groups is 1. The van der Waals surface area contributed by atoms with E-state index in [9.17, 15) is 0 Å². The van der Waals surface area contributed by atoms with Crippen LogP contribution in [-0.2, 0) is 12.3 Å². The van der Waals surface area contributed by atoms with Crippen molar-refractivity contribution >= 4 is 11.8 Å². The summed E-state index contributed by atoms with van der Waals surface area (Å²) in [5.74, 6) is 3.08. The Kier molecular flexibility index (Phi) is 6.14. The summed E-state index contributed by atoms with van der Waals surface area (Å²) in [6, 6.07) is 4.17. The molecule has 3 heteroatoms. The first-order valence-electron chi connectivity index (χ1n) is 6.51. The molecule has 0 fully saturated rings. The fourth-order valence-corrected chi connectivity index (χ4v) is 2.58. The van der Waals surface area contributed by atoms with Gasteiger partial charge in [0.05, 0.1) is 12.3 Å². The Morgan fingerprint density at radius 1 is 1.12 bits per heavy atom. The number of nitrogens with one attached hydrogen (secondary N) is 1. The molecule has 1 aromatic rings. The molecule has 0 aliphatic carbocycles. The van der Waals surface area contributed by atoms with Gasteiger partial charge in [-0.05, 0) is 37.7 Å². The smallest absolute Gasteiger partial charge is 0.118 e. The quantitative estimate of drug-likeness (QED) is 0.753. The van der Waals surface area contributed by atoms with Crippen LogP contribution in [0, 0.1) is 0 Å². The molecular weight excluding hydrogens is 230 g/mol. The zero-order chi connectivity index (χ0) is 12.7. The predicted molar refractivity (Wildman–Crippen MR) is 76.4 cm³/mol. The average molecular weight is 255 g/mol. The van der Waals surface area contributed by atoms with Crippen LogP contribution in [0.1, 0.15) is 51.6 Å². The maximum Gasteiger partial charge on any atom is 0.118 e. The van der Waals surface area contributed by atoms with E-state index in [-0.39, 0.29) is 5.54 Å². The van der Waals surface area contributed by atoms with Gasteiger partial charge in [0.2, 0.25) is 0 Å². The highest BCUT2D eigenvalue weighted by Gasteiger charge is 2.22. The van der Waals surface area contributed by atoms with E-state index in [2.05, 4.69) is 44.5 Å². The summed E-state index contributed by atoms with van der Waals surface area (Å²) in [5.41, 5.74) is 0.270. The van der Waals surface area contributed by atoms with E-state index in [1.807, 2.05) is 0 Å². The third-order valence-electron chi connectivity index (χ3n) is 3.67. The molecule has 98 valence electrons. The Hall–Kier alpha value is -0.410. The van der Waals surface area contributed by atoms with Crippen LogP contribution in [0.2, 0.25) is 0 Å². The van der Waals surface area contributed by atoms with Crippen molar-refractivity contribution in [3.05, 3.63) is 23.7 Å². The summed E-state index contributed by atoms with van der Waals surface area (Å²) in [5, 5.41) is 3.65. The van der Waals surface area contributed by atoms with E-state index in [0.717, 1.165) is 23.8 Å². The lowest BCUT2D eigenvalue weighted by molar-refractivity contribution is 0.276. The summed E-state index contributed by atoms with van der Waals surface area (Å²) in [4.78, 5) is 0. The SMILES string of the molecule is CCC(CC)(CC)NCc1ccc(CSC)o1. The van der Waals surface area contributed by atoms with Crippen LogP contribution in [0.5, 0.6) is 0 Å². The molecule has 17 heavy (non-hydrogen) atoms. The molecule has 0 radical (unpaired) electrons. The fourth-order valence-electron chi connectivity index (χ4n) is 2.14. The van der Waals surface area contributed by atoms with Gasteiger partial charge >= 0.3 is 0 Å². The van der Waals surface area contributed by atoms with Crippen molar-refractivity contribution in [3.63, 3.8) is 0 Å². The minimum absolute atomic E-state index is 0.270. The highest BCUT2D eigenvalue weighted by molar-refractivity contribution is 7.97. The first-order chi connectivity index (χ1) is 8.19. The van der Waals surface area contributed by atoms with Crippen LogP contribution in [0.4, 0.5) is 0 Å². The molecule has 0 amide bonds. The zero-order valence-corrected chi connectivity index (χ0v) is 12.3. The van der Waals surface area contributed by atoms with Gasteiger partial charge in [-0.15, -0.1) is 0 Å². The summed E-state index contributed by atoms with van der Waals surface area (Å²) >= 11 is 1.79. The molecule has 0 aliphatic rings. The Labute approximate surface area is 110 Å². The van der Waals surface area contributed by atoms with Gasteiger partial charge in [-0.2, -0.15) is 11.8 Å². The number of hydrogen-bond donors (Lipinski definition) is 1. The second-order valence-electron chi connectivity index (χ2n) is 4.50. The number of furan rings is 1. The first-order valence-corrected chi connectivity index (χ1v) is 7.90. The van der Waals surface area contributed by atoms with Gasteiger partial charge in [-0.1, -0.05) is 20.8 Å². The van der Waals surface area contributed by atoms with Gasteiger partial charge in [0.15, 0.2) is 0 Å². The highest BCUT2D eigenvalue weighted by atomic mass is 32.2. The summed E-state index contributed by atoms with van der Waals surface area (Å²) in [6.45, 7) is 7.59. The molecule has 1 rings (SSSR count). The van der Waals surface area contributed by atoms with Gasteiger partial charge in [0, 0.05) is 5.54 Å². The molecule has 0 atom stereocenters.